The Morgan fingerprint density at radius 2 is 1.96 bits per heavy atom. The van der Waals surface area contributed by atoms with Crippen LogP contribution in [0.4, 0.5) is 5.69 Å². The van der Waals surface area contributed by atoms with Crippen LogP contribution in [0.15, 0.2) is 36.5 Å². The predicted octanol–water partition coefficient (Wildman–Crippen LogP) is 2.69. The summed E-state index contributed by atoms with van der Waals surface area (Å²) in [5.41, 5.74) is 2.25. The van der Waals surface area contributed by atoms with Crippen molar-refractivity contribution in [3.8, 4) is 11.5 Å². The van der Waals surface area contributed by atoms with Crippen molar-refractivity contribution in [2.45, 2.75) is 13.8 Å². The summed E-state index contributed by atoms with van der Waals surface area (Å²) >= 11 is 0. The molecule has 0 unspecified atom stereocenters. The molecule has 0 radical (unpaired) electrons. The lowest BCUT2D eigenvalue weighted by molar-refractivity contribution is -0.118. The molecule has 0 aliphatic rings. The maximum Gasteiger partial charge on any atom is 0.262 e. The molecule has 0 aliphatic heterocycles. The van der Waals surface area contributed by atoms with Gasteiger partial charge < -0.3 is 14.8 Å². The van der Waals surface area contributed by atoms with Crippen LogP contribution < -0.4 is 14.8 Å². The minimum atomic E-state index is -0.269. The van der Waals surface area contributed by atoms with Gasteiger partial charge in [0.25, 0.3) is 5.91 Å². The number of nitrogens with zero attached hydrogens (tertiary/aromatic N) is 3. The lowest BCUT2D eigenvalue weighted by atomic mass is 10.2. The van der Waals surface area contributed by atoms with Gasteiger partial charge in [-0.1, -0.05) is 12.1 Å². The van der Waals surface area contributed by atoms with Crippen molar-refractivity contribution in [3.05, 3.63) is 42.2 Å². The van der Waals surface area contributed by atoms with Crippen molar-refractivity contribution >= 4 is 22.6 Å². The molecule has 0 saturated heterocycles. The van der Waals surface area contributed by atoms with E-state index in [1.807, 2.05) is 39.1 Å². The number of benzene rings is 1. The molecule has 2 aromatic heterocycles. The number of hydrogen-bond acceptors (Lipinski definition) is 5. The summed E-state index contributed by atoms with van der Waals surface area (Å²) in [4.78, 5) is 16.5. The highest BCUT2D eigenvalue weighted by atomic mass is 16.5. The van der Waals surface area contributed by atoms with E-state index in [4.69, 9.17) is 9.47 Å². The van der Waals surface area contributed by atoms with E-state index in [0.29, 0.717) is 23.8 Å². The molecule has 0 saturated carbocycles. The van der Waals surface area contributed by atoms with Crippen LogP contribution in [0.3, 0.4) is 0 Å². The van der Waals surface area contributed by atoms with Crippen molar-refractivity contribution < 1.29 is 14.3 Å². The Balaban J connectivity index is 1.66. The van der Waals surface area contributed by atoms with Gasteiger partial charge in [0, 0.05) is 12.4 Å². The van der Waals surface area contributed by atoms with Crippen LogP contribution in [-0.4, -0.2) is 33.9 Å². The van der Waals surface area contributed by atoms with E-state index in [2.05, 4.69) is 15.4 Å². The first-order valence-corrected chi connectivity index (χ1v) is 8.02. The van der Waals surface area contributed by atoms with Crippen molar-refractivity contribution in [1.29, 1.82) is 0 Å². The highest BCUT2D eigenvalue weighted by Crippen LogP contribution is 2.26. The van der Waals surface area contributed by atoms with Gasteiger partial charge in [-0.3, -0.25) is 9.48 Å². The lowest BCUT2D eigenvalue weighted by Gasteiger charge is -2.11. The zero-order valence-corrected chi connectivity index (χ0v) is 14.4. The second-order valence-electron chi connectivity index (χ2n) is 5.52. The smallest absolute Gasteiger partial charge is 0.262 e. The Bertz CT molecular complexity index is 904. The number of pyridine rings is 1. The van der Waals surface area contributed by atoms with Crippen LogP contribution in [-0.2, 0) is 11.8 Å². The fourth-order valence-corrected chi connectivity index (χ4v) is 2.56. The fraction of sp³-hybridized carbons (Fsp3) is 0.278. The molecule has 1 amide bonds. The zero-order valence-electron chi connectivity index (χ0n) is 14.4. The van der Waals surface area contributed by atoms with Crippen LogP contribution in [0.1, 0.15) is 12.6 Å². The summed E-state index contributed by atoms with van der Waals surface area (Å²) < 4.78 is 12.8. The van der Waals surface area contributed by atoms with E-state index in [1.165, 1.54) is 0 Å². The molecule has 0 spiro atoms. The van der Waals surface area contributed by atoms with Gasteiger partial charge in [-0.2, -0.15) is 5.10 Å². The molecule has 0 bridgehead atoms. The van der Waals surface area contributed by atoms with Crippen molar-refractivity contribution in [1.82, 2.24) is 14.8 Å². The van der Waals surface area contributed by atoms with E-state index in [1.54, 1.807) is 23.0 Å². The molecule has 3 rings (SSSR count). The first-order valence-electron chi connectivity index (χ1n) is 8.02. The summed E-state index contributed by atoms with van der Waals surface area (Å²) in [5.74, 6) is 0.886. The predicted molar refractivity (Wildman–Crippen MR) is 95.0 cm³/mol. The third-order valence-electron chi connectivity index (χ3n) is 3.65. The van der Waals surface area contributed by atoms with Gasteiger partial charge in [0.15, 0.2) is 23.8 Å². The van der Waals surface area contributed by atoms with Crippen LogP contribution in [0.25, 0.3) is 11.0 Å². The Morgan fingerprint density at radius 1 is 1.24 bits per heavy atom. The molecule has 7 heteroatoms. The van der Waals surface area contributed by atoms with Crippen molar-refractivity contribution in [2.24, 2.45) is 7.05 Å². The standard InChI is InChI=1S/C18H20N4O3/c1-4-24-15-7-5-6-8-16(15)25-11-17(23)20-13-9-14-12(2)21-22(3)18(14)19-10-13/h5-10H,4,11H2,1-3H3,(H,20,23). The topological polar surface area (TPSA) is 78.3 Å². The van der Waals surface area contributed by atoms with Crippen LogP contribution >= 0.6 is 0 Å². The van der Waals surface area contributed by atoms with Gasteiger partial charge in [-0.25, -0.2) is 4.98 Å². The summed E-state index contributed by atoms with van der Waals surface area (Å²) in [5, 5.41) is 8.01. The first kappa shape index (κ1) is 16.8. The molecule has 130 valence electrons. The minimum absolute atomic E-state index is 0.117. The highest BCUT2D eigenvalue weighted by molar-refractivity contribution is 5.94. The van der Waals surface area contributed by atoms with E-state index < -0.39 is 0 Å². The van der Waals surface area contributed by atoms with Gasteiger partial charge in [0.2, 0.25) is 0 Å². The summed E-state index contributed by atoms with van der Waals surface area (Å²) in [6.45, 7) is 4.22. The molecule has 0 atom stereocenters. The third kappa shape index (κ3) is 3.71. The fourth-order valence-electron chi connectivity index (χ4n) is 2.56. The molecule has 7 nitrogen and oxygen atoms in total. The number of fused-ring (bicyclic) bond motifs is 1. The van der Waals surface area contributed by atoms with Crippen LogP contribution in [0.5, 0.6) is 11.5 Å². The van der Waals surface area contributed by atoms with Gasteiger partial charge in [-0.05, 0) is 32.0 Å². The second kappa shape index (κ2) is 7.21. The summed E-state index contributed by atoms with van der Waals surface area (Å²) in [6, 6.07) is 9.12. The van der Waals surface area contributed by atoms with Crippen molar-refractivity contribution in [3.63, 3.8) is 0 Å². The second-order valence-corrected chi connectivity index (χ2v) is 5.52. The summed E-state index contributed by atoms with van der Waals surface area (Å²) in [6.07, 6.45) is 1.61. The minimum Gasteiger partial charge on any atom is -0.490 e. The number of nitrogens with one attached hydrogen (secondary N) is 1. The number of ether oxygens (including phenoxy) is 2. The molecule has 1 N–H and O–H groups in total. The Hall–Kier alpha value is -3.09. The number of carbonyl (C=O) groups is 1. The number of carbonyl (C=O) groups excluding carboxylic acids is 1. The number of aryl methyl sites for hydroxylation is 2. The maximum absolute atomic E-state index is 12.2. The van der Waals surface area contributed by atoms with Gasteiger partial charge in [0.1, 0.15) is 0 Å². The van der Waals surface area contributed by atoms with Gasteiger partial charge >= 0.3 is 0 Å². The lowest BCUT2D eigenvalue weighted by Crippen LogP contribution is -2.20. The van der Waals surface area contributed by atoms with Crippen LogP contribution in [0.2, 0.25) is 0 Å². The highest BCUT2D eigenvalue weighted by Gasteiger charge is 2.10. The zero-order chi connectivity index (χ0) is 17.8. The quantitative estimate of drug-likeness (QED) is 0.746. The van der Waals surface area contributed by atoms with E-state index >= 15 is 0 Å². The molecular formula is C18H20N4O3. The van der Waals surface area contributed by atoms with E-state index in [-0.39, 0.29) is 12.5 Å². The number of aromatic nitrogens is 3. The Morgan fingerprint density at radius 3 is 2.68 bits per heavy atom. The molecule has 25 heavy (non-hydrogen) atoms. The largest absolute Gasteiger partial charge is 0.490 e. The first-order chi connectivity index (χ1) is 12.1. The molecule has 3 aromatic rings. The van der Waals surface area contributed by atoms with Crippen LogP contribution in [0, 0.1) is 6.92 Å². The van der Waals surface area contributed by atoms with E-state index in [0.717, 1.165) is 16.7 Å². The maximum atomic E-state index is 12.2. The Kier molecular flexibility index (Phi) is 4.83. The van der Waals surface area contributed by atoms with Gasteiger partial charge in [0.05, 0.1) is 24.2 Å². The number of hydrogen-bond donors (Lipinski definition) is 1. The number of anilines is 1. The van der Waals surface area contributed by atoms with Crippen molar-refractivity contribution in [2.75, 3.05) is 18.5 Å². The normalized spacial score (nSPS) is 10.7. The SMILES string of the molecule is CCOc1ccccc1OCC(=O)Nc1cnc2c(c1)c(C)nn2C. The number of amides is 1. The number of para-hydroxylation sites is 2. The van der Waals surface area contributed by atoms with E-state index in [9.17, 15) is 4.79 Å². The molecule has 1 aromatic carbocycles. The molecule has 0 aliphatic carbocycles. The molecule has 0 fully saturated rings. The average Bonchev–Trinajstić information content (AvgIpc) is 2.88. The molecule has 2 heterocycles. The summed E-state index contributed by atoms with van der Waals surface area (Å²) in [7, 11) is 1.84. The monoisotopic (exact) mass is 340 g/mol. The molecular weight excluding hydrogens is 320 g/mol. The van der Waals surface area contributed by atoms with Gasteiger partial charge in [-0.15, -0.1) is 0 Å². The number of rotatable bonds is 6. The third-order valence-corrected chi connectivity index (χ3v) is 3.65. The Labute approximate surface area is 145 Å². The average molecular weight is 340 g/mol.